The molecule has 0 aliphatic rings. The molecule has 166 valence electrons. The summed E-state index contributed by atoms with van der Waals surface area (Å²) in [5, 5.41) is 20.6. The largest absolute Gasteiger partial charge is 0.350 e. The molecule has 3 aromatic rings. The highest BCUT2D eigenvalue weighted by Gasteiger charge is 2.25. The predicted octanol–water partition coefficient (Wildman–Crippen LogP) is 2.90. The van der Waals surface area contributed by atoms with Gasteiger partial charge in [-0.1, -0.05) is 25.4 Å². The minimum Gasteiger partial charge on any atom is -0.350 e. The Labute approximate surface area is 188 Å². The molecule has 0 radical (unpaired) electrons. The number of carbonyl (C=O) groups is 2. The summed E-state index contributed by atoms with van der Waals surface area (Å²) >= 11 is 5.80. The molecule has 2 N–H and O–H groups in total. The average Bonchev–Trinajstić information content (AvgIpc) is 3.31. The second-order valence-electron chi connectivity index (χ2n) is 7.31. The SMILES string of the molecule is CC(C)C(NC(=O)c1ccc(Cl)c([N+](=O)[O-])c1)C(=O)NCc1ccnc(-n2cccn2)c1. The van der Waals surface area contributed by atoms with Crippen LogP contribution < -0.4 is 10.6 Å². The Bertz CT molecular complexity index is 1130. The van der Waals surface area contributed by atoms with Crippen molar-refractivity contribution in [2.45, 2.75) is 26.4 Å². The molecule has 1 aromatic carbocycles. The van der Waals surface area contributed by atoms with Crippen LogP contribution in [-0.2, 0) is 11.3 Å². The number of nitrogens with one attached hydrogen (secondary N) is 2. The van der Waals surface area contributed by atoms with Crippen molar-refractivity contribution in [1.82, 2.24) is 25.4 Å². The fraction of sp³-hybridized carbons (Fsp3) is 0.238. The predicted molar refractivity (Wildman–Crippen MR) is 117 cm³/mol. The van der Waals surface area contributed by atoms with Crippen LogP contribution in [0.3, 0.4) is 0 Å². The number of aromatic nitrogens is 3. The third-order valence-electron chi connectivity index (χ3n) is 4.66. The van der Waals surface area contributed by atoms with Crippen LogP contribution in [0, 0.1) is 16.0 Å². The molecule has 0 spiro atoms. The zero-order valence-corrected chi connectivity index (χ0v) is 18.1. The van der Waals surface area contributed by atoms with Crippen LogP contribution in [0.5, 0.6) is 0 Å². The lowest BCUT2D eigenvalue weighted by Crippen LogP contribution is -2.49. The topological polar surface area (TPSA) is 132 Å². The van der Waals surface area contributed by atoms with E-state index >= 15 is 0 Å². The fourth-order valence-electron chi connectivity index (χ4n) is 2.95. The van der Waals surface area contributed by atoms with Gasteiger partial charge in [-0.2, -0.15) is 5.10 Å². The van der Waals surface area contributed by atoms with Crippen LogP contribution in [0.25, 0.3) is 5.82 Å². The Morgan fingerprint density at radius 2 is 2.00 bits per heavy atom. The number of hydrogen-bond donors (Lipinski definition) is 2. The van der Waals surface area contributed by atoms with Gasteiger partial charge in [0.05, 0.1) is 4.92 Å². The summed E-state index contributed by atoms with van der Waals surface area (Å²) in [6.45, 7) is 3.80. The normalized spacial score (nSPS) is 11.8. The van der Waals surface area contributed by atoms with Crippen molar-refractivity contribution in [2.75, 3.05) is 0 Å². The van der Waals surface area contributed by atoms with Gasteiger partial charge in [0.2, 0.25) is 5.91 Å². The molecule has 0 aliphatic carbocycles. The summed E-state index contributed by atoms with van der Waals surface area (Å²) < 4.78 is 1.60. The molecule has 0 aliphatic heterocycles. The molecule has 2 heterocycles. The lowest BCUT2D eigenvalue weighted by molar-refractivity contribution is -0.384. The van der Waals surface area contributed by atoms with E-state index in [4.69, 9.17) is 11.6 Å². The Morgan fingerprint density at radius 3 is 2.66 bits per heavy atom. The minimum absolute atomic E-state index is 0.0394. The molecule has 0 fully saturated rings. The molecule has 2 aromatic heterocycles. The molecule has 3 rings (SSSR count). The van der Waals surface area contributed by atoms with Crippen molar-refractivity contribution in [3.05, 3.63) is 81.3 Å². The van der Waals surface area contributed by atoms with E-state index in [9.17, 15) is 19.7 Å². The van der Waals surface area contributed by atoms with Gasteiger partial charge in [-0.15, -0.1) is 0 Å². The first-order valence-corrected chi connectivity index (χ1v) is 10.1. The van der Waals surface area contributed by atoms with E-state index in [-0.39, 0.29) is 34.6 Å². The van der Waals surface area contributed by atoms with E-state index in [1.54, 1.807) is 55.3 Å². The third kappa shape index (κ3) is 5.46. The van der Waals surface area contributed by atoms with Gasteiger partial charge in [-0.3, -0.25) is 19.7 Å². The van der Waals surface area contributed by atoms with Gasteiger partial charge in [0.15, 0.2) is 5.82 Å². The zero-order valence-electron chi connectivity index (χ0n) is 17.4. The van der Waals surface area contributed by atoms with Crippen molar-refractivity contribution in [1.29, 1.82) is 0 Å². The van der Waals surface area contributed by atoms with Gasteiger partial charge in [0.1, 0.15) is 11.1 Å². The number of halogens is 1. The second-order valence-corrected chi connectivity index (χ2v) is 7.72. The minimum atomic E-state index is -0.843. The Kier molecular flexibility index (Phi) is 7.16. The monoisotopic (exact) mass is 456 g/mol. The maximum atomic E-state index is 12.8. The van der Waals surface area contributed by atoms with Gasteiger partial charge >= 0.3 is 0 Å². The number of benzene rings is 1. The number of nitro groups is 1. The second kappa shape index (κ2) is 10.0. The van der Waals surface area contributed by atoms with Crippen molar-refractivity contribution in [3.8, 4) is 5.82 Å². The quantitative estimate of drug-likeness (QED) is 0.395. The molecular weight excluding hydrogens is 436 g/mol. The van der Waals surface area contributed by atoms with E-state index in [1.165, 1.54) is 12.1 Å². The lowest BCUT2D eigenvalue weighted by Gasteiger charge is -2.22. The molecule has 0 bridgehead atoms. The first-order valence-electron chi connectivity index (χ1n) is 9.73. The highest BCUT2D eigenvalue weighted by molar-refractivity contribution is 6.32. The first kappa shape index (κ1) is 22.9. The summed E-state index contributed by atoms with van der Waals surface area (Å²) in [7, 11) is 0. The summed E-state index contributed by atoms with van der Waals surface area (Å²) in [4.78, 5) is 40.1. The first-order chi connectivity index (χ1) is 15.3. The summed E-state index contributed by atoms with van der Waals surface area (Å²) in [6, 6.07) is 8.23. The van der Waals surface area contributed by atoms with Crippen LogP contribution in [0.1, 0.15) is 29.8 Å². The zero-order chi connectivity index (χ0) is 23.3. The Morgan fingerprint density at radius 1 is 1.22 bits per heavy atom. The van der Waals surface area contributed by atoms with Crippen molar-refractivity contribution >= 4 is 29.1 Å². The van der Waals surface area contributed by atoms with E-state index < -0.39 is 16.9 Å². The Hall–Kier alpha value is -3.79. The maximum absolute atomic E-state index is 12.8. The van der Waals surface area contributed by atoms with E-state index in [0.717, 1.165) is 11.6 Å². The highest BCUT2D eigenvalue weighted by atomic mass is 35.5. The van der Waals surface area contributed by atoms with Crippen molar-refractivity contribution in [2.24, 2.45) is 5.92 Å². The number of rotatable bonds is 8. The van der Waals surface area contributed by atoms with Gasteiger partial charge in [0.25, 0.3) is 11.6 Å². The standard InChI is InChI=1S/C21H21ClN6O4/c1-13(2)19(26-20(29)15-4-5-16(22)17(11-15)28(31)32)21(30)24-12-14-6-8-23-18(10-14)27-9-3-7-25-27/h3-11,13,19H,12H2,1-2H3,(H,24,30)(H,26,29). The molecular formula is C21H21ClN6O4. The lowest BCUT2D eigenvalue weighted by atomic mass is 10.0. The average molecular weight is 457 g/mol. The number of nitrogens with zero attached hydrogens (tertiary/aromatic N) is 4. The fourth-order valence-corrected chi connectivity index (χ4v) is 3.14. The molecule has 1 atom stereocenters. The maximum Gasteiger partial charge on any atom is 0.288 e. The summed E-state index contributed by atoms with van der Waals surface area (Å²) in [5.41, 5.74) is 0.467. The van der Waals surface area contributed by atoms with Gasteiger partial charge < -0.3 is 10.6 Å². The van der Waals surface area contributed by atoms with Gasteiger partial charge in [0, 0.05) is 36.8 Å². The van der Waals surface area contributed by atoms with Gasteiger partial charge in [-0.05, 0) is 41.8 Å². The van der Waals surface area contributed by atoms with Crippen LogP contribution in [-0.4, -0.2) is 37.5 Å². The van der Waals surface area contributed by atoms with Crippen LogP contribution in [0.4, 0.5) is 5.69 Å². The number of nitro benzene ring substituents is 1. The molecule has 1 unspecified atom stereocenters. The molecule has 32 heavy (non-hydrogen) atoms. The molecule has 0 saturated heterocycles. The van der Waals surface area contributed by atoms with Gasteiger partial charge in [-0.25, -0.2) is 9.67 Å². The number of amides is 2. The van der Waals surface area contributed by atoms with E-state index in [1.807, 2.05) is 0 Å². The molecule has 11 heteroatoms. The molecule has 2 amide bonds. The smallest absolute Gasteiger partial charge is 0.288 e. The third-order valence-corrected chi connectivity index (χ3v) is 4.98. The number of carbonyl (C=O) groups excluding carboxylic acids is 2. The van der Waals surface area contributed by atoms with Crippen LogP contribution >= 0.6 is 11.6 Å². The summed E-state index contributed by atoms with van der Waals surface area (Å²) in [6.07, 6.45) is 5.02. The summed E-state index contributed by atoms with van der Waals surface area (Å²) in [5.74, 6) is -0.601. The molecule has 0 saturated carbocycles. The van der Waals surface area contributed by atoms with Crippen molar-refractivity contribution in [3.63, 3.8) is 0 Å². The Balaban J connectivity index is 1.67. The van der Waals surface area contributed by atoms with Crippen LogP contribution in [0.15, 0.2) is 55.0 Å². The van der Waals surface area contributed by atoms with Crippen molar-refractivity contribution < 1.29 is 14.5 Å². The van der Waals surface area contributed by atoms with E-state index in [2.05, 4.69) is 20.7 Å². The van der Waals surface area contributed by atoms with E-state index in [0.29, 0.717) is 5.82 Å². The highest BCUT2D eigenvalue weighted by Crippen LogP contribution is 2.25. The molecule has 10 nitrogen and oxygen atoms in total. The number of pyridine rings is 1. The number of hydrogen-bond acceptors (Lipinski definition) is 6. The van der Waals surface area contributed by atoms with Crippen LogP contribution in [0.2, 0.25) is 5.02 Å².